The van der Waals surface area contributed by atoms with Crippen molar-refractivity contribution in [3.63, 3.8) is 0 Å². The van der Waals surface area contributed by atoms with Gasteiger partial charge in [0.1, 0.15) is 11.5 Å². The number of rotatable bonds is 3. The topological polar surface area (TPSA) is 34.9 Å². The fraction of sp³-hybridized carbons (Fsp3) is 0. The standard InChI is InChI=1S/C16H10ClFN2O/c17-11-6-7-14(18)13(10-11)16(21)15-8-9-19-20(15)12-4-2-1-3-5-12/h1-10H. The van der Waals surface area contributed by atoms with Crippen LogP contribution >= 0.6 is 11.6 Å². The van der Waals surface area contributed by atoms with Gasteiger partial charge in [-0.1, -0.05) is 29.8 Å². The zero-order chi connectivity index (χ0) is 14.8. The minimum Gasteiger partial charge on any atom is -0.287 e. The van der Waals surface area contributed by atoms with E-state index in [4.69, 9.17) is 11.6 Å². The molecule has 3 nitrogen and oxygen atoms in total. The van der Waals surface area contributed by atoms with Gasteiger partial charge in [-0.05, 0) is 36.4 Å². The summed E-state index contributed by atoms with van der Waals surface area (Å²) in [6, 6.07) is 14.6. The van der Waals surface area contributed by atoms with E-state index in [0.29, 0.717) is 5.02 Å². The van der Waals surface area contributed by atoms with Crippen molar-refractivity contribution < 1.29 is 9.18 Å². The maximum absolute atomic E-state index is 13.8. The molecular weight excluding hydrogens is 291 g/mol. The van der Waals surface area contributed by atoms with Gasteiger partial charge in [-0.3, -0.25) is 4.79 Å². The van der Waals surface area contributed by atoms with Gasteiger partial charge in [-0.15, -0.1) is 0 Å². The van der Waals surface area contributed by atoms with Crippen LogP contribution in [0, 0.1) is 5.82 Å². The highest BCUT2D eigenvalue weighted by Gasteiger charge is 2.19. The fourth-order valence-corrected chi connectivity index (χ4v) is 2.23. The highest BCUT2D eigenvalue weighted by atomic mass is 35.5. The summed E-state index contributed by atoms with van der Waals surface area (Å²) in [5, 5.41) is 4.44. The molecule has 3 aromatic rings. The molecule has 0 N–H and O–H groups in total. The third-order valence-corrected chi connectivity index (χ3v) is 3.28. The summed E-state index contributed by atoms with van der Waals surface area (Å²) >= 11 is 5.84. The van der Waals surface area contributed by atoms with Crippen molar-refractivity contribution in [3.8, 4) is 5.69 Å². The van der Waals surface area contributed by atoms with Gasteiger partial charge >= 0.3 is 0 Å². The predicted molar refractivity (Wildman–Crippen MR) is 78.4 cm³/mol. The maximum atomic E-state index is 13.8. The Balaban J connectivity index is 2.08. The first-order valence-electron chi connectivity index (χ1n) is 6.26. The Labute approximate surface area is 125 Å². The Morgan fingerprint density at radius 3 is 2.62 bits per heavy atom. The number of hydrogen-bond donors (Lipinski definition) is 0. The number of ketones is 1. The molecule has 0 radical (unpaired) electrons. The Hall–Kier alpha value is -2.46. The predicted octanol–water partition coefficient (Wildman–Crippen LogP) is 3.90. The quantitative estimate of drug-likeness (QED) is 0.688. The van der Waals surface area contributed by atoms with Crippen LogP contribution in [0.1, 0.15) is 16.1 Å². The summed E-state index contributed by atoms with van der Waals surface area (Å²) in [4.78, 5) is 12.5. The van der Waals surface area contributed by atoms with Gasteiger partial charge in [0.2, 0.25) is 5.78 Å². The molecule has 0 aliphatic rings. The van der Waals surface area contributed by atoms with E-state index in [1.54, 1.807) is 6.07 Å². The molecule has 21 heavy (non-hydrogen) atoms. The monoisotopic (exact) mass is 300 g/mol. The van der Waals surface area contributed by atoms with Crippen LogP contribution in [0.5, 0.6) is 0 Å². The van der Waals surface area contributed by atoms with E-state index in [9.17, 15) is 9.18 Å². The lowest BCUT2D eigenvalue weighted by Gasteiger charge is -2.07. The lowest BCUT2D eigenvalue weighted by Crippen LogP contribution is -2.11. The first-order valence-corrected chi connectivity index (χ1v) is 6.64. The van der Waals surface area contributed by atoms with Crippen LogP contribution in [-0.2, 0) is 0 Å². The molecule has 0 saturated heterocycles. The summed E-state index contributed by atoms with van der Waals surface area (Å²) in [6.07, 6.45) is 1.50. The molecule has 1 aromatic heterocycles. The lowest BCUT2D eigenvalue weighted by molar-refractivity contribution is 0.102. The Morgan fingerprint density at radius 1 is 1.10 bits per heavy atom. The van der Waals surface area contributed by atoms with E-state index in [0.717, 1.165) is 5.69 Å². The number of carbonyl (C=O) groups is 1. The Bertz CT molecular complexity index is 799. The number of aromatic nitrogens is 2. The van der Waals surface area contributed by atoms with E-state index < -0.39 is 11.6 Å². The van der Waals surface area contributed by atoms with Crippen LogP contribution in [0.25, 0.3) is 5.69 Å². The van der Waals surface area contributed by atoms with E-state index >= 15 is 0 Å². The molecule has 0 aliphatic carbocycles. The second kappa shape index (κ2) is 5.50. The molecule has 0 atom stereocenters. The second-order valence-corrected chi connectivity index (χ2v) is 4.85. The third kappa shape index (κ3) is 2.58. The number of para-hydroxylation sites is 1. The summed E-state index contributed by atoms with van der Waals surface area (Å²) in [7, 11) is 0. The van der Waals surface area contributed by atoms with Gasteiger partial charge in [-0.2, -0.15) is 5.10 Å². The SMILES string of the molecule is O=C(c1cc(Cl)ccc1F)c1ccnn1-c1ccccc1. The molecule has 104 valence electrons. The van der Waals surface area contributed by atoms with Crippen molar-refractivity contribution in [2.75, 3.05) is 0 Å². The first kappa shape index (κ1) is 13.5. The van der Waals surface area contributed by atoms with Gasteiger partial charge < -0.3 is 0 Å². The largest absolute Gasteiger partial charge is 0.287 e. The molecule has 0 spiro atoms. The van der Waals surface area contributed by atoms with Crippen molar-refractivity contribution in [1.29, 1.82) is 0 Å². The zero-order valence-electron chi connectivity index (χ0n) is 10.8. The number of benzene rings is 2. The summed E-state index contributed by atoms with van der Waals surface area (Å²) in [5.74, 6) is -1.07. The van der Waals surface area contributed by atoms with Gasteiger partial charge in [0, 0.05) is 5.02 Å². The Kier molecular flexibility index (Phi) is 3.54. The molecule has 0 unspecified atom stereocenters. The zero-order valence-corrected chi connectivity index (χ0v) is 11.6. The molecule has 2 aromatic carbocycles. The van der Waals surface area contributed by atoms with Crippen molar-refractivity contribution in [2.45, 2.75) is 0 Å². The summed E-state index contributed by atoms with van der Waals surface area (Å²) in [6.45, 7) is 0. The van der Waals surface area contributed by atoms with Crippen LogP contribution in [0.4, 0.5) is 4.39 Å². The highest BCUT2D eigenvalue weighted by molar-refractivity contribution is 6.31. The first-order chi connectivity index (χ1) is 10.2. The Morgan fingerprint density at radius 2 is 1.86 bits per heavy atom. The molecular formula is C16H10ClFN2O. The third-order valence-electron chi connectivity index (χ3n) is 3.05. The number of halogens is 2. The van der Waals surface area contributed by atoms with E-state index in [-0.39, 0.29) is 11.3 Å². The lowest BCUT2D eigenvalue weighted by atomic mass is 10.1. The maximum Gasteiger partial charge on any atom is 0.214 e. The van der Waals surface area contributed by atoms with Gasteiger partial charge in [0.25, 0.3) is 0 Å². The van der Waals surface area contributed by atoms with Gasteiger partial charge in [-0.25, -0.2) is 9.07 Å². The molecule has 0 bridgehead atoms. The van der Waals surface area contributed by atoms with Crippen molar-refractivity contribution in [1.82, 2.24) is 9.78 Å². The normalized spacial score (nSPS) is 10.6. The van der Waals surface area contributed by atoms with Crippen LogP contribution in [-0.4, -0.2) is 15.6 Å². The molecule has 0 aliphatic heterocycles. The average Bonchev–Trinajstić information content (AvgIpc) is 2.99. The second-order valence-electron chi connectivity index (χ2n) is 4.42. The van der Waals surface area contributed by atoms with Crippen molar-refractivity contribution >= 4 is 17.4 Å². The minimum absolute atomic E-state index is 0.0693. The molecule has 5 heteroatoms. The molecule has 3 rings (SSSR count). The van der Waals surface area contributed by atoms with Crippen molar-refractivity contribution in [3.05, 3.63) is 82.9 Å². The smallest absolute Gasteiger partial charge is 0.214 e. The van der Waals surface area contributed by atoms with Crippen LogP contribution in [0.3, 0.4) is 0 Å². The number of carbonyl (C=O) groups excluding carboxylic acids is 1. The van der Waals surface area contributed by atoms with Crippen LogP contribution < -0.4 is 0 Å². The molecule has 1 heterocycles. The fourth-order valence-electron chi connectivity index (χ4n) is 2.06. The van der Waals surface area contributed by atoms with E-state index in [2.05, 4.69) is 5.10 Å². The number of hydrogen-bond acceptors (Lipinski definition) is 2. The summed E-state index contributed by atoms with van der Waals surface area (Å²) < 4.78 is 15.3. The molecule has 0 fully saturated rings. The van der Waals surface area contributed by atoms with Crippen LogP contribution in [0.15, 0.2) is 60.8 Å². The van der Waals surface area contributed by atoms with Gasteiger partial charge in [0.15, 0.2) is 0 Å². The number of nitrogens with zero attached hydrogens (tertiary/aromatic N) is 2. The molecule has 0 saturated carbocycles. The minimum atomic E-state index is -0.606. The summed E-state index contributed by atoms with van der Waals surface area (Å²) in [5.41, 5.74) is 0.941. The highest BCUT2D eigenvalue weighted by Crippen LogP contribution is 2.20. The molecule has 0 amide bonds. The van der Waals surface area contributed by atoms with E-state index in [1.807, 2.05) is 30.3 Å². The van der Waals surface area contributed by atoms with Crippen LogP contribution in [0.2, 0.25) is 5.02 Å². The van der Waals surface area contributed by atoms with Gasteiger partial charge in [0.05, 0.1) is 17.4 Å². The van der Waals surface area contributed by atoms with Crippen molar-refractivity contribution in [2.24, 2.45) is 0 Å². The van der Waals surface area contributed by atoms with E-state index in [1.165, 1.54) is 29.1 Å². The average molecular weight is 301 g/mol.